The van der Waals surface area contributed by atoms with Gasteiger partial charge < -0.3 is 5.32 Å². The van der Waals surface area contributed by atoms with Crippen molar-refractivity contribution in [2.75, 3.05) is 12.3 Å². The molecule has 4 nitrogen and oxygen atoms in total. The summed E-state index contributed by atoms with van der Waals surface area (Å²) in [6.45, 7) is 3.66. The van der Waals surface area contributed by atoms with Gasteiger partial charge in [-0.05, 0) is 24.5 Å². The summed E-state index contributed by atoms with van der Waals surface area (Å²) in [4.78, 5) is 4.63. The quantitative estimate of drug-likeness (QED) is 0.922. The van der Waals surface area contributed by atoms with E-state index in [0.717, 1.165) is 30.4 Å². The van der Waals surface area contributed by atoms with Crippen LogP contribution in [-0.2, 0) is 13.0 Å². The van der Waals surface area contributed by atoms with E-state index in [1.807, 2.05) is 28.8 Å². The molecule has 1 saturated heterocycles. The van der Waals surface area contributed by atoms with Crippen LogP contribution in [0.4, 0.5) is 0 Å². The molecule has 1 N–H and O–H groups in total. The van der Waals surface area contributed by atoms with Gasteiger partial charge in [-0.15, -0.1) is 0 Å². The standard InChI is InChI=1S/C16H20N4S/c1-13-10-18-20(11-13)8-7-17-16-19-15(12-21-16)9-14-5-3-2-4-6-14/h2-6,10-11,15H,7-9,12H2,1H3,(H,17,19). The topological polar surface area (TPSA) is 42.2 Å². The first-order chi connectivity index (χ1) is 10.3. The maximum absolute atomic E-state index is 4.63. The highest BCUT2D eigenvalue weighted by Gasteiger charge is 2.20. The van der Waals surface area contributed by atoms with Crippen LogP contribution in [0.2, 0.25) is 0 Å². The lowest BCUT2D eigenvalue weighted by molar-refractivity contribution is 0.623. The van der Waals surface area contributed by atoms with Crippen LogP contribution >= 0.6 is 11.8 Å². The molecule has 0 bridgehead atoms. The van der Waals surface area contributed by atoms with Crippen molar-refractivity contribution < 1.29 is 0 Å². The number of aromatic nitrogens is 2. The van der Waals surface area contributed by atoms with Crippen LogP contribution in [0, 0.1) is 6.92 Å². The van der Waals surface area contributed by atoms with Crippen LogP contribution in [0.3, 0.4) is 0 Å². The molecular weight excluding hydrogens is 280 g/mol. The van der Waals surface area contributed by atoms with Crippen molar-refractivity contribution in [3.05, 3.63) is 53.9 Å². The Balaban J connectivity index is 1.46. The fraction of sp³-hybridized carbons (Fsp3) is 0.375. The summed E-state index contributed by atoms with van der Waals surface area (Å²) in [5, 5.41) is 8.85. The van der Waals surface area contributed by atoms with Gasteiger partial charge in [-0.2, -0.15) is 5.10 Å². The molecule has 0 spiro atoms. The van der Waals surface area contributed by atoms with Crippen molar-refractivity contribution >= 4 is 16.9 Å². The molecule has 1 aromatic heterocycles. The lowest BCUT2D eigenvalue weighted by Gasteiger charge is -2.09. The zero-order valence-corrected chi connectivity index (χ0v) is 13.0. The Hall–Kier alpha value is -1.75. The Bertz CT molecular complexity index is 606. The second kappa shape index (κ2) is 6.80. The van der Waals surface area contributed by atoms with E-state index in [4.69, 9.17) is 0 Å². The minimum absolute atomic E-state index is 0.489. The van der Waals surface area contributed by atoms with Crippen LogP contribution in [0.5, 0.6) is 0 Å². The molecule has 0 saturated carbocycles. The zero-order valence-electron chi connectivity index (χ0n) is 12.2. The number of rotatable bonds is 5. The summed E-state index contributed by atoms with van der Waals surface area (Å²) in [5.74, 6) is 1.09. The molecular formula is C16H20N4S. The highest BCUT2D eigenvalue weighted by molar-refractivity contribution is 8.14. The number of amidine groups is 1. The van der Waals surface area contributed by atoms with Gasteiger partial charge in [0, 0.05) is 18.0 Å². The van der Waals surface area contributed by atoms with Crippen LogP contribution in [0.15, 0.2) is 47.7 Å². The average molecular weight is 300 g/mol. The predicted molar refractivity (Wildman–Crippen MR) is 88.8 cm³/mol. The van der Waals surface area contributed by atoms with Gasteiger partial charge in [0.15, 0.2) is 5.17 Å². The lowest BCUT2D eigenvalue weighted by Crippen LogP contribution is -2.29. The molecule has 2 heterocycles. The average Bonchev–Trinajstić information content (AvgIpc) is 3.10. The third-order valence-corrected chi connectivity index (χ3v) is 4.51. The predicted octanol–water partition coefficient (Wildman–Crippen LogP) is 2.50. The van der Waals surface area contributed by atoms with Crippen LogP contribution in [0.25, 0.3) is 0 Å². The highest BCUT2D eigenvalue weighted by Crippen LogP contribution is 2.17. The molecule has 1 fully saturated rings. The first-order valence-electron chi connectivity index (χ1n) is 7.26. The van der Waals surface area contributed by atoms with Gasteiger partial charge in [0.25, 0.3) is 0 Å². The van der Waals surface area contributed by atoms with Crippen LogP contribution in [-0.4, -0.2) is 33.3 Å². The normalized spacial score (nSPS) is 19.9. The lowest BCUT2D eigenvalue weighted by atomic mass is 10.1. The molecule has 0 radical (unpaired) electrons. The van der Waals surface area contributed by atoms with Crippen molar-refractivity contribution in [2.24, 2.45) is 4.99 Å². The highest BCUT2D eigenvalue weighted by atomic mass is 32.2. The second-order valence-corrected chi connectivity index (χ2v) is 6.32. The van der Waals surface area contributed by atoms with Gasteiger partial charge in [-0.3, -0.25) is 9.67 Å². The van der Waals surface area contributed by atoms with Crippen molar-refractivity contribution in [1.82, 2.24) is 15.1 Å². The monoisotopic (exact) mass is 300 g/mol. The second-order valence-electron chi connectivity index (χ2n) is 5.31. The molecule has 0 aliphatic carbocycles. The van der Waals surface area contributed by atoms with Crippen molar-refractivity contribution in [3.63, 3.8) is 0 Å². The summed E-state index contributed by atoms with van der Waals surface area (Å²) in [6.07, 6.45) is 4.99. The first-order valence-corrected chi connectivity index (χ1v) is 8.25. The molecule has 1 aliphatic rings. The summed E-state index contributed by atoms with van der Waals surface area (Å²) in [7, 11) is 0. The Kier molecular flexibility index (Phi) is 4.60. The fourth-order valence-electron chi connectivity index (χ4n) is 2.38. The zero-order chi connectivity index (χ0) is 14.5. The minimum Gasteiger partial charge on any atom is -0.361 e. The number of nitrogens with zero attached hydrogens (tertiary/aromatic N) is 3. The van der Waals surface area contributed by atoms with Crippen molar-refractivity contribution in [1.29, 1.82) is 0 Å². The molecule has 1 unspecified atom stereocenters. The van der Waals surface area contributed by atoms with E-state index in [9.17, 15) is 0 Å². The van der Waals surface area contributed by atoms with Gasteiger partial charge in [-0.25, -0.2) is 0 Å². The summed E-state index contributed by atoms with van der Waals surface area (Å²) >= 11 is 1.82. The first kappa shape index (κ1) is 14.2. The van der Waals surface area contributed by atoms with E-state index < -0.39 is 0 Å². The SMILES string of the molecule is Cc1cnn(CCN=C2NC(Cc3ccccc3)CS2)c1. The maximum Gasteiger partial charge on any atom is 0.156 e. The summed E-state index contributed by atoms with van der Waals surface area (Å²) in [5.41, 5.74) is 2.57. The molecule has 5 heteroatoms. The van der Waals surface area contributed by atoms with Gasteiger partial charge in [0.05, 0.1) is 19.3 Å². The van der Waals surface area contributed by atoms with E-state index in [1.165, 1.54) is 11.1 Å². The number of thioether (sulfide) groups is 1. The van der Waals surface area contributed by atoms with Gasteiger partial charge >= 0.3 is 0 Å². The number of aryl methyl sites for hydroxylation is 1. The van der Waals surface area contributed by atoms with E-state index in [-0.39, 0.29) is 0 Å². The summed E-state index contributed by atoms with van der Waals surface area (Å²) < 4.78 is 1.94. The smallest absolute Gasteiger partial charge is 0.156 e. The molecule has 21 heavy (non-hydrogen) atoms. The third kappa shape index (κ3) is 4.11. The fourth-order valence-corrected chi connectivity index (χ4v) is 3.37. The number of aliphatic imine (C=N–C) groups is 1. The molecule has 1 aliphatic heterocycles. The molecule has 0 amide bonds. The number of hydrogen-bond acceptors (Lipinski definition) is 3. The Morgan fingerprint density at radius 3 is 3.00 bits per heavy atom. The Morgan fingerprint density at radius 1 is 1.38 bits per heavy atom. The summed E-state index contributed by atoms with van der Waals surface area (Å²) in [6, 6.07) is 11.1. The van der Waals surface area contributed by atoms with Gasteiger partial charge in [0.2, 0.25) is 0 Å². The van der Waals surface area contributed by atoms with Crippen LogP contribution < -0.4 is 5.32 Å². The maximum atomic E-state index is 4.63. The third-order valence-electron chi connectivity index (χ3n) is 3.42. The number of benzene rings is 1. The van der Waals surface area contributed by atoms with Gasteiger partial charge in [0.1, 0.15) is 0 Å². The van der Waals surface area contributed by atoms with Crippen molar-refractivity contribution in [2.45, 2.75) is 25.9 Å². The molecule has 1 atom stereocenters. The van der Waals surface area contributed by atoms with E-state index in [0.29, 0.717) is 6.04 Å². The van der Waals surface area contributed by atoms with Crippen LogP contribution in [0.1, 0.15) is 11.1 Å². The largest absolute Gasteiger partial charge is 0.361 e. The molecule has 110 valence electrons. The van der Waals surface area contributed by atoms with E-state index in [1.54, 1.807) is 0 Å². The molecule has 1 aromatic carbocycles. The number of nitrogens with one attached hydrogen (secondary N) is 1. The molecule has 3 rings (SSSR count). The Morgan fingerprint density at radius 2 is 2.24 bits per heavy atom. The molecule has 2 aromatic rings. The van der Waals surface area contributed by atoms with Gasteiger partial charge in [-0.1, -0.05) is 42.1 Å². The minimum atomic E-state index is 0.489. The van der Waals surface area contributed by atoms with E-state index >= 15 is 0 Å². The Labute approximate surface area is 129 Å². The van der Waals surface area contributed by atoms with Crippen molar-refractivity contribution in [3.8, 4) is 0 Å². The van der Waals surface area contributed by atoms with E-state index in [2.05, 4.69) is 52.7 Å². The number of hydrogen-bond donors (Lipinski definition) is 1.